The van der Waals surface area contributed by atoms with E-state index in [9.17, 15) is 9.59 Å². The van der Waals surface area contributed by atoms with Crippen LogP contribution in [0.3, 0.4) is 0 Å². The van der Waals surface area contributed by atoms with Crippen molar-refractivity contribution in [2.24, 2.45) is 0 Å². The third-order valence-electron chi connectivity index (χ3n) is 4.56. The number of likely N-dealkylation sites (N-methyl/N-ethyl adjacent to an activating group) is 1. The molecule has 0 atom stereocenters. The topological polar surface area (TPSA) is 94.9 Å². The van der Waals surface area contributed by atoms with Gasteiger partial charge in [0.05, 0.1) is 25.6 Å². The number of fused-ring (bicyclic) bond motifs is 1. The molecule has 3 aromatic heterocycles. The molecule has 0 saturated carbocycles. The second-order valence-electron chi connectivity index (χ2n) is 6.51. The molecule has 9 nitrogen and oxygen atoms in total. The highest BCUT2D eigenvalue weighted by Gasteiger charge is 2.15. The molecule has 0 fully saturated rings. The van der Waals surface area contributed by atoms with Crippen LogP contribution >= 0.6 is 0 Å². The SMILES string of the molecule is COc1ccc(-c2cc3c(=O)n(CC(=O)N(C)Cc4ccco4)ncn3n2)cc1. The Kier molecular flexibility index (Phi) is 4.86. The van der Waals surface area contributed by atoms with Gasteiger partial charge in [-0.25, -0.2) is 9.20 Å². The number of amides is 1. The molecule has 0 aliphatic carbocycles. The van der Waals surface area contributed by atoms with E-state index in [1.807, 2.05) is 24.3 Å². The standard InChI is InChI=1S/C20H19N5O4/c1-23(11-16-4-3-9-29-16)19(26)12-24-20(27)18-10-17(22-25(18)13-21-24)14-5-7-15(28-2)8-6-14/h3-10,13H,11-12H2,1-2H3. The maximum Gasteiger partial charge on any atom is 0.293 e. The number of rotatable bonds is 6. The molecule has 0 aliphatic heterocycles. The smallest absolute Gasteiger partial charge is 0.293 e. The van der Waals surface area contributed by atoms with Gasteiger partial charge in [-0.15, -0.1) is 0 Å². The van der Waals surface area contributed by atoms with Crippen molar-refractivity contribution in [2.75, 3.05) is 14.2 Å². The number of aromatic nitrogens is 4. The van der Waals surface area contributed by atoms with Crippen LogP contribution in [0.4, 0.5) is 0 Å². The number of furan rings is 1. The molecule has 148 valence electrons. The van der Waals surface area contributed by atoms with Crippen molar-refractivity contribution in [2.45, 2.75) is 13.1 Å². The summed E-state index contributed by atoms with van der Waals surface area (Å²) in [7, 11) is 3.25. The molecule has 29 heavy (non-hydrogen) atoms. The lowest BCUT2D eigenvalue weighted by atomic mass is 10.1. The first-order valence-electron chi connectivity index (χ1n) is 8.91. The van der Waals surface area contributed by atoms with Gasteiger partial charge in [-0.2, -0.15) is 10.2 Å². The molecule has 1 aromatic carbocycles. The summed E-state index contributed by atoms with van der Waals surface area (Å²) < 4.78 is 13.0. The lowest BCUT2D eigenvalue weighted by Crippen LogP contribution is -2.35. The fourth-order valence-electron chi connectivity index (χ4n) is 2.93. The Morgan fingerprint density at radius 3 is 2.72 bits per heavy atom. The zero-order chi connectivity index (χ0) is 20.4. The predicted molar refractivity (Wildman–Crippen MR) is 104 cm³/mol. The van der Waals surface area contributed by atoms with Gasteiger partial charge in [0.25, 0.3) is 5.56 Å². The summed E-state index contributed by atoms with van der Waals surface area (Å²) in [6, 6.07) is 12.6. The summed E-state index contributed by atoms with van der Waals surface area (Å²) in [4.78, 5) is 26.7. The molecule has 3 heterocycles. The number of ether oxygens (including phenoxy) is 1. The average Bonchev–Trinajstić information content (AvgIpc) is 3.40. The summed E-state index contributed by atoms with van der Waals surface area (Å²) in [5.74, 6) is 1.14. The third kappa shape index (κ3) is 3.75. The molecule has 0 saturated heterocycles. The third-order valence-corrected chi connectivity index (χ3v) is 4.56. The van der Waals surface area contributed by atoms with Gasteiger partial charge in [-0.1, -0.05) is 0 Å². The molecule has 4 aromatic rings. The van der Waals surface area contributed by atoms with Crippen LogP contribution in [0.25, 0.3) is 16.8 Å². The largest absolute Gasteiger partial charge is 0.497 e. The lowest BCUT2D eigenvalue weighted by molar-refractivity contribution is -0.131. The van der Waals surface area contributed by atoms with E-state index >= 15 is 0 Å². The van der Waals surface area contributed by atoms with E-state index in [4.69, 9.17) is 9.15 Å². The van der Waals surface area contributed by atoms with E-state index in [-0.39, 0.29) is 18.0 Å². The first-order chi connectivity index (χ1) is 14.0. The first kappa shape index (κ1) is 18.5. The number of carbonyl (C=O) groups is 1. The fraction of sp³-hybridized carbons (Fsp3) is 0.200. The Morgan fingerprint density at radius 1 is 1.24 bits per heavy atom. The zero-order valence-electron chi connectivity index (χ0n) is 16.0. The number of carbonyl (C=O) groups excluding carboxylic acids is 1. The second kappa shape index (κ2) is 7.63. The summed E-state index contributed by atoms with van der Waals surface area (Å²) in [5, 5.41) is 8.47. The molecule has 4 rings (SSSR count). The van der Waals surface area contributed by atoms with Crippen LogP contribution in [-0.4, -0.2) is 44.4 Å². The average molecular weight is 393 g/mol. The van der Waals surface area contributed by atoms with Crippen LogP contribution in [0.1, 0.15) is 5.76 Å². The van der Waals surface area contributed by atoms with E-state index in [1.165, 1.54) is 15.7 Å². The highest BCUT2D eigenvalue weighted by molar-refractivity contribution is 5.75. The minimum atomic E-state index is -0.389. The number of hydrogen-bond acceptors (Lipinski definition) is 6. The molecule has 1 amide bonds. The van der Waals surface area contributed by atoms with E-state index in [0.29, 0.717) is 23.5 Å². The Bertz CT molecular complexity index is 1190. The van der Waals surface area contributed by atoms with Gasteiger partial charge in [0, 0.05) is 12.6 Å². The molecule has 0 N–H and O–H groups in total. The zero-order valence-corrected chi connectivity index (χ0v) is 16.0. The van der Waals surface area contributed by atoms with Crippen molar-refractivity contribution in [3.8, 4) is 17.0 Å². The molecular formula is C20H19N5O4. The van der Waals surface area contributed by atoms with Crippen molar-refractivity contribution < 1.29 is 13.9 Å². The van der Waals surface area contributed by atoms with Gasteiger partial charge in [-0.05, 0) is 42.5 Å². The molecular weight excluding hydrogens is 374 g/mol. The Hall–Kier alpha value is -3.88. The molecule has 0 aliphatic rings. The maximum absolute atomic E-state index is 12.8. The highest BCUT2D eigenvalue weighted by atomic mass is 16.5. The monoisotopic (exact) mass is 393 g/mol. The van der Waals surface area contributed by atoms with Crippen LogP contribution < -0.4 is 10.3 Å². The number of hydrogen-bond donors (Lipinski definition) is 0. The van der Waals surface area contributed by atoms with Gasteiger partial charge in [-0.3, -0.25) is 9.59 Å². The van der Waals surface area contributed by atoms with Crippen LogP contribution in [-0.2, 0) is 17.9 Å². The number of methoxy groups -OCH3 is 1. The van der Waals surface area contributed by atoms with Crippen LogP contribution in [0, 0.1) is 0 Å². The molecule has 0 radical (unpaired) electrons. The quantitative estimate of drug-likeness (QED) is 0.496. The van der Waals surface area contributed by atoms with Gasteiger partial charge in [0.2, 0.25) is 5.91 Å². The van der Waals surface area contributed by atoms with Gasteiger partial charge < -0.3 is 14.1 Å². The summed E-state index contributed by atoms with van der Waals surface area (Å²) in [5.41, 5.74) is 1.42. The van der Waals surface area contributed by atoms with Gasteiger partial charge >= 0.3 is 0 Å². The van der Waals surface area contributed by atoms with E-state index in [2.05, 4.69) is 10.2 Å². The number of nitrogens with zero attached hydrogens (tertiary/aromatic N) is 5. The van der Waals surface area contributed by atoms with Crippen molar-refractivity contribution >= 4 is 11.4 Å². The van der Waals surface area contributed by atoms with E-state index < -0.39 is 0 Å². The fourth-order valence-corrected chi connectivity index (χ4v) is 2.93. The molecule has 9 heteroatoms. The Balaban J connectivity index is 1.57. The van der Waals surface area contributed by atoms with Crippen LogP contribution in [0.2, 0.25) is 0 Å². The van der Waals surface area contributed by atoms with Crippen molar-refractivity contribution in [3.63, 3.8) is 0 Å². The van der Waals surface area contributed by atoms with Crippen molar-refractivity contribution in [3.05, 3.63) is 71.2 Å². The predicted octanol–water partition coefficient (Wildman–Crippen LogP) is 1.82. The summed E-state index contributed by atoms with van der Waals surface area (Å²) >= 11 is 0. The van der Waals surface area contributed by atoms with Crippen molar-refractivity contribution in [1.82, 2.24) is 24.3 Å². The lowest BCUT2D eigenvalue weighted by Gasteiger charge is -2.15. The molecule has 0 bridgehead atoms. The second-order valence-corrected chi connectivity index (χ2v) is 6.51. The van der Waals surface area contributed by atoms with E-state index in [1.54, 1.807) is 38.6 Å². The van der Waals surface area contributed by atoms with Crippen LogP contribution in [0.5, 0.6) is 5.75 Å². The summed E-state index contributed by atoms with van der Waals surface area (Å²) in [6.07, 6.45) is 2.97. The molecule has 0 spiro atoms. The minimum Gasteiger partial charge on any atom is -0.497 e. The van der Waals surface area contributed by atoms with E-state index in [0.717, 1.165) is 16.0 Å². The normalized spacial score (nSPS) is 11.0. The Labute approximate surface area is 165 Å². The van der Waals surface area contributed by atoms with Gasteiger partial charge in [0.1, 0.15) is 29.9 Å². The first-order valence-corrected chi connectivity index (χ1v) is 8.91. The van der Waals surface area contributed by atoms with Crippen LogP contribution in [0.15, 0.2) is 64.3 Å². The number of benzene rings is 1. The maximum atomic E-state index is 12.8. The van der Waals surface area contributed by atoms with Gasteiger partial charge in [0.15, 0.2) is 0 Å². The van der Waals surface area contributed by atoms with Crippen molar-refractivity contribution in [1.29, 1.82) is 0 Å². The minimum absolute atomic E-state index is 0.171. The Morgan fingerprint density at radius 2 is 2.03 bits per heavy atom. The molecule has 0 unspecified atom stereocenters. The highest BCUT2D eigenvalue weighted by Crippen LogP contribution is 2.21. The summed E-state index contributed by atoms with van der Waals surface area (Å²) in [6.45, 7) is 0.146.